The van der Waals surface area contributed by atoms with E-state index in [1.54, 1.807) is 7.11 Å². The third kappa shape index (κ3) is 4.37. The summed E-state index contributed by atoms with van der Waals surface area (Å²) in [7, 11) is 1.69. The summed E-state index contributed by atoms with van der Waals surface area (Å²) in [6.45, 7) is 5.07. The molecule has 3 heterocycles. The summed E-state index contributed by atoms with van der Waals surface area (Å²) in [6, 6.07) is 20.4. The number of nitrogens with zero attached hydrogens (tertiary/aromatic N) is 3. The number of pyridine rings is 1. The average Bonchev–Trinajstić information content (AvgIpc) is 2.99. The fraction of sp³-hybridized carbons (Fsp3) is 0.269. The average molecular weight is 447 g/mol. The molecule has 0 atom stereocenters. The number of hydrogen-bond acceptors (Lipinski definition) is 4. The van der Waals surface area contributed by atoms with Gasteiger partial charge in [0, 0.05) is 36.4 Å². The van der Waals surface area contributed by atoms with Gasteiger partial charge in [0.2, 0.25) is 0 Å². The van der Waals surface area contributed by atoms with Gasteiger partial charge in [-0.15, -0.1) is 0 Å². The number of fused-ring (bicyclic) bond motifs is 1. The minimum Gasteiger partial charge on any atom is -0.497 e. The van der Waals surface area contributed by atoms with Crippen LogP contribution < -0.4 is 10.1 Å². The first kappa shape index (κ1) is 21.0. The van der Waals surface area contributed by atoms with E-state index in [4.69, 9.17) is 21.3 Å². The van der Waals surface area contributed by atoms with Crippen molar-refractivity contribution in [2.24, 2.45) is 0 Å². The highest BCUT2D eigenvalue weighted by atomic mass is 35.5. The fourth-order valence-corrected chi connectivity index (χ4v) is 4.44. The van der Waals surface area contributed by atoms with Gasteiger partial charge in [-0.25, -0.2) is 4.98 Å². The molecule has 0 bridgehead atoms. The summed E-state index contributed by atoms with van der Waals surface area (Å²) in [4.78, 5) is 7.55. The molecule has 1 aliphatic heterocycles. The maximum Gasteiger partial charge on any atom is 0.137 e. The van der Waals surface area contributed by atoms with Crippen molar-refractivity contribution in [1.82, 2.24) is 19.6 Å². The molecule has 1 fully saturated rings. The van der Waals surface area contributed by atoms with Gasteiger partial charge in [-0.1, -0.05) is 23.7 Å². The van der Waals surface area contributed by atoms with Gasteiger partial charge in [0.1, 0.15) is 11.4 Å². The molecule has 0 saturated carbocycles. The normalized spacial score (nSPS) is 15.1. The van der Waals surface area contributed by atoms with Crippen molar-refractivity contribution in [1.29, 1.82) is 0 Å². The molecule has 0 aliphatic carbocycles. The number of halogens is 1. The van der Waals surface area contributed by atoms with Gasteiger partial charge in [0.05, 0.1) is 18.5 Å². The lowest BCUT2D eigenvalue weighted by molar-refractivity contribution is 0.281. The Kier molecular flexibility index (Phi) is 6.12. The molecular weight excluding hydrogens is 420 g/mol. The van der Waals surface area contributed by atoms with Crippen molar-refractivity contribution in [3.8, 4) is 28.1 Å². The van der Waals surface area contributed by atoms with Gasteiger partial charge in [0.25, 0.3) is 0 Å². The molecule has 0 radical (unpaired) electrons. The zero-order valence-electron chi connectivity index (χ0n) is 18.2. The van der Waals surface area contributed by atoms with Crippen molar-refractivity contribution in [2.75, 3.05) is 33.3 Å². The first-order valence-electron chi connectivity index (χ1n) is 11.1. The Hall–Kier alpha value is -2.86. The van der Waals surface area contributed by atoms with Crippen LogP contribution in [0.4, 0.5) is 0 Å². The second-order valence-corrected chi connectivity index (χ2v) is 8.60. The van der Waals surface area contributed by atoms with E-state index in [-0.39, 0.29) is 0 Å². The number of nitrogens with one attached hydrogen (secondary N) is 1. The Balaban J connectivity index is 1.61. The van der Waals surface area contributed by atoms with Crippen LogP contribution in [0.1, 0.15) is 12.1 Å². The van der Waals surface area contributed by atoms with Crippen LogP contribution >= 0.6 is 11.6 Å². The SMILES string of the molecule is COc1ccc(-c2nc3ccc(-c4ccc(Cl)cc4)cn3c2CN2CCCNCC2)cc1. The van der Waals surface area contributed by atoms with Gasteiger partial charge >= 0.3 is 0 Å². The van der Waals surface area contributed by atoms with Crippen molar-refractivity contribution >= 4 is 17.2 Å². The largest absolute Gasteiger partial charge is 0.497 e. The predicted molar refractivity (Wildman–Crippen MR) is 130 cm³/mol. The third-order valence-electron chi connectivity index (χ3n) is 6.06. The van der Waals surface area contributed by atoms with Crippen LogP contribution in [-0.4, -0.2) is 47.6 Å². The van der Waals surface area contributed by atoms with E-state index in [1.165, 1.54) is 5.69 Å². The number of ether oxygens (including phenoxy) is 1. The highest BCUT2D eigenvalue weighted by Crippen LogP contribution is 2.30. The highest BCUT2D eigenvalue weighted by molar-refractivity contribution is 6.30. The zero-order valence-corrected chi connectivity index (χ0v) is 19.0. The van der Waals surface area contributed by atoms with Crippen LogP contribution in [0.3, 0.4) is 0 Å². The molecule has 1 aliphatic rings. The van der Waals surface area contributed by atoms with Crippen LogP contribution in [-0.2, 0) is 6.54 Å². The molecule has 4 aromatic rings. The first-order valence-corrected chi connectivity index (χ1v) is 11.4. The van der Waals surface area contributed by atoms with Gasteiger partial charge < -0.3 is 14.5 Å². The number of aromatic nitrogens is 2. The van der Waals surface area contributed by atoms with Crippen molar-refractivity contribution in [2.45, 2.75) is 13.0 Å². The number of benzene rings is 2. The summed E-state index contributed by atoms with van der Waals surface area (Å²) in [5.74, 6) is 0.850. The molecule has 2 aromatic carbocycles. The standard InChI is InChI=1S/C26H27ClN4O/c1-32-23-10-5-20(6-11-23)26-24(18-30-15-2-13-28-14-16-30)31-17-21(7-12-25(31)29-26)19-3-8-22(27)9-4-19/h3-12,17,28H,2,13-16,18H2,1H3. The summed E-state index contributed by atoms with van der Waals surface area (Å²) in [5, 5.41) is 4.24. The van der Waals surface area contributed by atoms with Crippen molar-refractivity contribution in [3.05, 3.63) is 77.6 Å². The van der Waals surface area contributed by atoms with Gasteiger partial charge in [-0.2, -0.15) is 0 Å². The van der Waals surface area contributed by atoms with Crippen LogP contribution in [0, 0.1) is 0 Å². The van der Waals surface area contributed by atoms with Crippen LogP contribution in [0.25, 0.3) is 28.0 Å². The fourth-order valence-electron chi connectivity index (χ4n) is 4.31. The third-order valence-corrected chi connectivity index (χ3v) is 6.32. The quantitative estimate of drug-likeness (QED) is 0.461. The Morgan fingerprint density at radius 2 is 1.66 bits per heavy atom. The van der Waals surface area contributed by atoms with E-state index in [1.807, 2.05) is 24.3 Å². The zero-order chi connectivity index (χ0) is 21.9. The monoisotopic (exact) mass is 446 g/mol. The number of imidazole rings is 1. The van der Waals surface area contributed by atoms with Crippen molar-refractivity contribution < 1.29 is 4.74 Å². The smallest absolute Gasteiger partial charge is 0.137 e. The lowest BCUT2D eigenvalue weighted by Crippen LogP contribution is -2.28. The first-order chi connectivity index (χ1) is 15.7. The van der Waals surface area contributed by atoms with Gasteiger partial charge in [-0.3, -0.25) is 4.90 Å². The minimum atomic E-state index is 0.745. The molecule has 0 spiro atoms. The Morgan fingerprint density at radius 3 is 2.44 bits per heavy atom. The molecule has 164 valence electrons. The topological polar surface area (TPSA) is 41.8 Å². The summed E-state index contributed by atoms with van der Waals surface area (Å²) in [5.41, 5.74) is 6.58. The Morgan fingerprint density at radius 1 is 0.906 bits per heavy atom. The molecule has 1 N–H and O–H groups in total. The van der Waals surface area contributed by atoms with Gasteiger partial charge in [0.15, 0.2) is 0 Å². The molecular formula is C26H27ClN4O. The second kappa shape index (κ2) is 9.33. The molecule has 5 nitrogen and oxygen atoms in total. The summed E-state index contributed by atoms with van der Waals surface area (Å²) >= 11 is 6.10. The molecule has 6 heteroatoms. The lowest BCUT2D eigenvalue weighted by Gasteiger charge is -2.20. The molecule has 32 heavy (non-hydrogen) atoms. The van der Waals surface area contributed by atoms with E-state index < -0.39 is 0 Å². The van der Waals surface area contributed by atoms with E-state index in [2.05, 4.69) is 57.2 Å². The lowest BCUT2D eigenvalue weighted by atomic mass is 10.1. The number of hydrogen-bond donors (Lipinski definition) is 1. The number of rotatable bonds is 5. The molecule has 0 amide bonds. The van der Waals surface area contributed by atoms with Crippen LogP contribution in [0.15, 0.2) is 66.9 Å². The Labute approximate surface area is 193 Å². The number of methoxy groups -OCH3 is 1. The Bertz CT molecular complexity index is 1190. The predicted octanol–water partition coefficient (Wildman–Crippen LogP) is 5.13. The van der Waals surface area contributed by atoms with Crippen LogP contribution in [0.5, 0.6) is 5.75 Å². The minimum absolute atomic E-state index is 0.745. The van der Waals surface area contributed by atoms with E-state index in [9.17, 15) is 0 Å². The highest BCUT2D eigenvalue weighted by Gasteiger charge is 2.19. The molecule has 0 unspecified atom stereocenters. The second-order valence-electron chi connectivity index (χ2n) is 8.17. The van der Waals surface area contributed by atoms with E-state index in [0.717, 1.165) is 77.9 Å². The van der Waals surface area contributed by atoms with E-state index in [0.29, 0.717) is 0 Å². The van der Waals surface area contributed by atoms with Crippen LogP contribution in [0.2, 0.25) is 5.02 Å². The summed E-state index contributed by atoms with van der Waals surface area (Å²) < 4.78 is 7.60. The van der Waals surface area contributed by atoms with Crippen molar-refractivity contribution in [3.63, 3.8) is 0 Å². The maximum atomic E-state index is 6.10. The van der Waals surface area contributed by atoms with E-state index >= 15 is 0 Å². The molecule has 5 rings (SSSR count). The molecule has 2 aromatic heterocycles. The summed E-state index contributed by atoms with van der Waals surface area (Å²) in [6.07, 6.45) is 3.36. The maximum absolute atomic E-state index is 6.10. The molecule has 1 saturated heterocycles. The van der Waals surface area contributed by atoms with Gasteiger partial charge in [-0.05, 0) is 79.2 Å².